The molecule has 0 saturated carbocycles. The molecular formula is C18H15Cl2N5O. The predicted octanol–water partition coefficient (Wildman–Crippen LogP) is 5.23. The molecule has 3 N–H and O–H groups in total. The van der Waals surface area contributed by atoms with Gasteiger partial charge in [-0.2, -0.15) is 4.98 Å². The van der Waals surface area contributed by atoms with E-state index in [9.17, 15) is 4.79 Å². The van der Waals surface area contributed by atoms with Crippen molar-refractivity contribution in [3.8, 4) is 0 Å². The van der Waals surface area contributed by atoms with Gasteiger partial charge in [-0.25, -0.2) is 4.98 Å². The van der Waals surface area contributed by atoms with Crippen LogP contribution in [0, 0.1) is 0 Å². The molecule has 0 saturated heterocycles. The zero-order valence-corrected chi connectivity index (χ0v) is 15.3. The average molecular weight is 388 g/mol. The highest BCUT2D eigenvalue weighted by atomic mass is 35.5. The highest BCUT2D eigenvalue weighted by Crippen LogP contribution is 2.28. The van der Waals surface area contributed by atoms with Crippen molar-refractivity contribution in [1.82, 2.24) is 9.97 Å². The van der Waals surface area contributed by atoms with Crippen molar-refractivity contribution in [1.29, 1.82) is 0 Å². The fourth-order valence-corrected chi connectivity index (χ4v) is 2.57. The Hall–Kier alpha value is -2.83. The summed E-state index contributed by atoms with van der Waals surface area (Å²) < 4.78 is 0. The van der Waals surface area contributed by atoms with Gasteiger partial charge in [-0.05, 0) is 42.5 Å². The van der Waals surface area contributed by atoms with Crippen molar-refractivity contribution in [2.75, 3.05) is 16.0 Å². The molecule has 0 unspecified atom stereocenters. The molecule has 0 aliphatic heterocycles. The first kappa shape index (κ1) is 18.0. The second kappa shape index (κ2) is 8.03. The topological polar surface area (TPSA) is 78.9 Å². The Bertz CT molecular complexity index is 948. The van der Waals surface area contributed by atoms with Crippen molar-refractivity contribution >= 4 is 57.9 Å². The fourth-order valence-electron chi connectivity index (χ4n) is 2.23. The lowest BCUT2D eigenvalue weighted by Crippen LogP contribution is -2.06. The van der Waals surface area contributed by atoms with E-state index in [0.717, 1.165) is 5.69 Å². The van der Waals surface area contributed by atoms with E-state index in [0.29, 0.717) is 33.2 Å². The summed E-state index contributed by atoms with van der Waals surface area (Å²) in [5.74, 6) is 0.826. The van der Waals surface area contributed by atoms with Crippen molar-refractivity contribution < 1.29 is 4.79 Å². The maximum atomic E-state index is 11.2. The van der Waals surface area contributed by atoms with Gasteiger partial charge in [-0.3, -0.25) is 4.79 Å². The van der Waals surface area contributed by atoms with Gasteiger partial charge in [0.05, 0.1) is 10.7 Å². The Balaban J connectivity index is 1.77. The zero-order chi connectivity index (χ0) is 18.5. The molecule has 0 aliphatic carbocycles. The third-order valence-electron chi connectivity index (χ3n) is 3.29. The smallest absolute Gasteiger partial charge is 0.229 e. The summed E-state index contributed by atoms with van der Waals surface area (Å²) in [4.78, 5) is 19.8. The van der Waals surface area contributed by atoms with E-state index >= 15 is 0 Å². The number of carbonyl (C=O) groups excluding carboxylic acids is 1. The molecule has 0 bridgehead atoms. The van der Waals surface area contributed by atoms with Gasteiger partial charge in [0, 0.05) is 29.5 Å². The summed E-state index contributed by atoms with van der Waals surface area (Å²) in [5.41, 5.74) is 2.09. The van der Waals surface area contributed by atoms with Crippen LogP contribution in [0.5, 0.6) is 0 Å². The second-order valence-electron chi connectivity index (χ2n) is 5.40. The van der Waals surface area contributed by atoms with Gasteiger partial charge in [0.1, 0.15) is 5.82 Å². The van der Waals surface area contributed by atoms with E-state index in [2.05, 4.69) is 25.9 Å². The van der Waals surface area contributed by atoms with Crippen LogP contribution in [0.15, 0.2) is 54.7 Å². The Morgan fingerprint density at radius 2 is 1.81 bits per heavy atom. The zero-order valence-electron chi connectivity index (χ0n) is 13.8. The summed E-state index contributed by atoms with van der Waals surface area (Å²) in [5, 5.41) is 10.0. The highest BCUT2D eigenvalue weighted by Gasteiger charge is 2.06. The molecule has 0 spiro atoms. The largest absolute Gasteiger partial charge is 0.340 e. The highest BCUT2D eigenvalue weighted by molar-refractivity contribution is 6.35. The van der Waals surface area contributed by atoms with E-state index in [-0.39, 0.29) is 5.91 Å². The third-order valence-corrected chi connectivity index (χ3v) is 3.85. The SMILES string of the molecule is CC(=O)Nc1cccc(Nc2ccnc(Nc3cc(Cl)ccc3Cl)n2)c1. The standard InChI is InChI=1S/C18H15Cl2N5O/c1-11(26)22-13-3-2-4-14(10-13)23-17-7-8-21-18(25-17)24-16-9-12(19)5-6-15(16)20/h2-10H,1H3,(H,22,26)(H2,21,23,24,25). The average Bonchev–Trinajstić information content (AvgIpc) is 2.58. The normalized spacial score (nSPS) is 10.3. The minimum atomic E-state index is -0.130. The van der Waals surface area contributed by atoms with Gasteiger partial charge in [0.15, 0.2) is 0 Å². The van der Waals surface area contributed by atoms with E-state index in [4.69, 9.17) is 23.2 Å². The molecule has 0 radical (unpaired) electrons. The number of hydrogen-bond donors (Lipinski definition) is 3. The molecule has 0 atom stereocenters. The number of halogens is 2. The van der Waals surface area contributed by atoms with Crippen LogP contribution in [0.2, 0.25) is 10.0 Å². The third kappa shape index (κ3) is 4.84. The van der Waals surface area contributed by atoms with Crippen LogP contribution in [0.25, 0.3) is 0 Å². The minimum absolute atomic E-state index is 0.130. The minimum Gasteiger partial charge on any atom is -0.340 e. The van der Waals surface area contributed by atoms with Crippen LogP contribution in [-0.4, -0.2) is 15.9 Å². The van der Waals surface area contributed by atoms with Gasteiger partial charge >= 0.3 is 0 Å². The van der Waals surface area contributed by atoms with Crippen molar-refractivity contribution in [3.05, 3.63) is 64.8 Å². The van der Waals surface area contributed by atoms with Gasteiger partial charge in [-0.1, -0.05) is 29.3 Å². The first-order chi connectivity index (χ1) is 12.5. The van der Waals surface area contributed by atoms with Crippen molar-refractivity contribution in [3.63, 3.8) is 0 Å². The molecule has 1 aromatic heterocycles. The molecule has 1 amide bonds. The summed E-state index contributed by atoms with van der Waals surface area (Å²) in [6.45, 7) is 1.46. The monoisotopic (exact) mass is 387 g/mol. The van der Waals surface area contributed by atoms with Gasteiger partial charge in [0.2, 0.25) is 11.9 Å². The summed E-state index contributed by atoms with van der Waals surface area (Å²) in [7, 11) is 0. The Morgan fingerprint density at radius 3 is 2.62 bits per heavy atom. The molecule has 0 aliphatic rings. The van der Waals surface area contributed by atoms with Crippen LogP contribution >= 0.6 is 23.2 Å². The first-order valence-corrected chi connectivity index (χ1v) is 8.45. The van der Waals surface area contributed by atoms with Crippen molar-refractivity contribution in [2.45, 2.75) is 6.92 Å². The van der Waals surface area contributed by atoms with E-state index in [1.54, 1.807) is 36.5 Å². The van der Waals surface area contributed by atoms with Crippen molar-refractivity contribution in [2.24, 2.45) is 0 Å². The lowest BCUT2D eigenvalue weighted by atomic mass is 10.2. The Morgan fingerprint density at radius 1 is 1.00 bits per heavy atom. The number of nitrogens with one attached hydrogen (secondary N) is 3. The lowest BCUT2D eigenvalue weighted by Gasteiger charge is -2.10. The molecular weight excluding hydrogens is 373 g/mol. The van der Waals surface area contributed by atoms with Gasteiger partial charge < -0.3 is 16.0 Å². The number of amides is 1. The van der Waals surface area contributed by atoms with Gasteiger partial charge in [-0.15, -0.1) is 0 Å². The molecule has 132 valence electrons. The molecule has 26 heavy (non-hydrogen) atoms. The van der Waals surface area contributed by atoms with Crippen LogP contribution in [0.1, 0.15) is 6.92 Å². The predicted molar refractivity (Wildman–Crippen MR) is 106 cm³/mol. The van der Waals surface area contributed by atoms with Crippen LogP contribution in [0.3, 0.4) is 0 Å². The van der Waals surface area contributed by atoms with E-state index in [1.807, 2.05) is 18.2 Å². The van der Waals surface area contributed by atoms with Gasteiger partial charge in [0.25, 0.3) is 0 Å². The van der Waals surface area contributed by atoms with E-state index in [1.165, 1.54) is 6.92 Å². The number of aromatic nitrogens is 2. The molecule has 1 heterocycles. The summed E-state index contributed by atoms with van der Waals surface area (Å²) >= 11 is 12.1. The number of anilines is 5. The number of benzene rings is 2. The van der Waals surface area contributed by atoms with Crippen LogP contribution in [0.4, 0.5) is 28.8 Å². The Labute approximate surface area is 160 Å². The molecule has 8 heteroatoms. The number of rotatable bonds is 5. The summed E-state index contributed by atoms with van der Waals surface area (Å²) in [6.07, 6.45) is 1.62. The molecule has 0 fully saturated rings. The maximum Gasteiger partial charge on any atom is 0.229 e. The number of carbonyl (C=O) groups is 1. The van der Waals surface area contributed by atoms with Crippen LogP contribution < -0.4 is 16.0 Å². The van der Waals surface area contributed by atoms with E-state index < -0.39 is 0 Å². The molecule has 3 aromatic rings. The lowest BCUT2D eigenvalue weighted by molar-refractivity contribution is -0.114. The Kier molecular flexibility index (Phi) is 5.55. The second-order valence-corrected chi connectivity index (χ2v) is 6.25. The molecule has 2 aromatic carbocycles. The first-order valence-electron chi connectivity index (χ1n) is 7.69. The fraction of sp³-hybridized carbons (Fsp3) is 0.0556. The molecule has 6 nitrogen and oxygen atoms in total. The quantitative estimate of drug-likeness (QED) is 0.558. The number of nitrogens with zero attached hydrogens (tertiary/aromatic N) is 2. The molecule has 3 rings (SSSR count). The number of hydrogen-bond acceptors (Lipinski definition) is 5. The summed E-state index contributed by atoms with van der Waals surface area (Å²) in [6, 6.07) is 14.1. The maximum absolute atomic E-state index is 11.2. The van der Waals surface area contributed by atoms with Crippen LogP contribution in [-0.2, 0) is 4.79 Å².